The van der Waals surface area contributed by atoms with Gasteiger partial charge in [-0.3, -0.25) is 0 Å². The molecule has 1 aromatic carbocycles. The van der Waals surface area contributed by atoms with E-state index < -0.39 is 0 Å². The topological polar surface area (TPSA) is 31.4 Å². The molecular formula is C13H14BrNO2S. The van der Waals surface area contributed by atoms with E-state index in [9.17, 15) is 0 Å². The molecule has 0 amide bonds. The summed E-state index contributed by atoms with van der Waals surface area (Å²) in [4.78, 5) is 5.77. The number of ether oxygens (including phenoxy) is 2. The molecule has 2 aromatic rings. The average Bonchev–Trinajstić information content (AvgIpc) is 2.79. The number of thiazole rings is 1. The molecule has 0 aliphatic rings. The third-order valence-corrected chi connectivity index (χ3v) is 4.31. The fourth-order valence-corrected chi connectivity index (χ4v) is 3.27. The van der Waals surface area contributed by atoms with E-state index in [0.29, 0.717) is 0 Å². The smallest absolute Gasteiger partial charge is 0.160 e. The summed E-state index contributed by atoms with van der Waals surface area (Å²) >= 11 is 5.09. The van der Waals surface area contributed by atoms with Gasteiger partial charge in [0.15, 0.2) is 3.92 Å². The van der Waals surface area contributed by atoms with Crippen molar-refractivity contribution in [2.24, 2.45) is 0 Å². The molecule has 0 atom stereocenters. The SMILES string of the molecule is CCc1sc(Br)nc1-c1cc(OC)ccc1OC. The lowest BCUT2D eigenvalue weighted by atomic mass is 10.1. The Hall–Kier alpha value is -1.07. The second-order valence-corrected chi connectivity index (χ2v) is 6.02. The van der Waals surface area contributed by atoms with Crippen LogP contribution in [0, 0.1) is 0 Å². The number of rotatable bonds is 4. The van der Waals surface area contributed by atoms with Crippen LogP contribution in [0.4, 0.5) is 0 Å². The molecule has 0 saturated carbocycles. The Bertz CT molecular complexity index is 554. The second-order valence-electron chi connectivity index (χ2n) is 3.66. The minimum Gasteiger partial charge on any atom is -0.497 e. The lowest BCUT2D eigenvalue weighted by Crippen LogP contribution is -1.92. The van der Waals surface area contributed by atoms with Crippen molar-refractivity contribution in [3.63, 3.8) is 0 Å². The van der Waals surface area contributed by atoms with Crippen molar-refractivity contribution in [3.8, 4) is 22.8 Å². The van der Waals surface area contributed by atoms with Crippen molar-refractivity contribution in [2.45, 2.75) is 13.3 Å². The number of hydrogen-bond donors (Lipinski definition) is 0. The van der Waals surface area contributed by atoms with Crippen LogP contribution in [0.15, 0.2) is 22.1 Å². The normalized spacial score (nSPS) is 10.4. The van der Waals surface area contributed by atoms with Crippen molar-refractivity contribution in [1.82, 2.24) is 4.98 Å². The molecule has 96 valence electrons. The monoisotopic (exact) mass is 327 g/mol. The lowest BCUT2D eigenvalue weighted by Gasteiger charge is -2.09. The van der Waals surface area contributed by atoms with Gasteiger partial charge in [0, 0.05) is 10.4 Å². The van der Waals surface area contributed by atoms with Gasteiger partial charge in [-0.25, -0.2) is 4.98 Å². The maximum atomic E-state index is 5.40. The van der Waals surface area contributed by atoms with Gasteiger partial charge < -0.3 is 9.47 Å². The van der Waals surface area contributed by atoms with Gasteiger partial charge in [-0.1, -0.05) is 6.92 Å². The summed E-state index contributed by atoms with van der Waals surface area (Å²) in [6.45, 7) is 2.12. The second kappa shape index (κ2) is 5.71. The third kappa shape index (κ3) is 2.52. The molecule has 3 nitrogen and oxygen atoms in total. The predicted octanol–water partition coefficient (Wildman–Crippen LogP) is 4.15. The van der Waals surface area contributed by atoms with Gasteiger partial charge in [0.25, 0.3) is 0 Å². The molecule has 5 heteroatoms. The Morgan fingerprint density at radius 1 is 1.28 bits per heavy atom. The summed E-state index contributed by atoms with van der Waals surface area (Å²) in [5.74, 6) is 1.61. The van der Waals surface area contributed by atoms with Gasteiger partial charge in [-0.05, 0) is 40.5 Å². The highest BCUT2D eigenvalue weighted by Gasteiger charge is 2.15. The Balaban J connectivity index is 2.60. The first-order valence-electron chi connectivity index (χ1n) is 5.57. The first-order chi connectivity index (χ1) is 8.69. The Morgan fingerprint density at radius 3 is 2.67 bits per heavy atom. The highest BCUT2D eigenvalue weighted by Crippen LogP contribution is 2.38. The van der Waals surface area contributed by atoms with E-state index >= 15 is 0 Å². The zero-order valence-corrected chi connectivity index (χ0v) is 12.9. The highest BCUT2D eigenvalue weighted by molar-refractivity contribution is 9.11. The summed E-state index contributed by atoms with van der Waals surface area (Å²) in [5, 5.41) is 0. The van der Waals surface area contributed by atoms with Crippen molar-refractivity contribution >= 4 is 27.3 Å². The number of nitrogens with zero attached hydrogens (tertiary/aromatic N) is 1. The van der Waals surface area contributed by atoms with Crippen molar-refractivity contribution in [2.75, 3.05) is 14.2 Å². The summed E-state index contributed by atoms with van der Waals surface area (Å²) in [6.07, 6.45) is 0.943. The molecule has 0 N–H and O–H groups in total. The van der Waals surface area contributed by atoms with E-state index in [2.05, 4.69) is 27.8 Å². The molecule has 0 unspecified atom stereocenters. The van der Waals surface area contributed by atoms with Crippen LogP contribution >= 0.6 is 27.3 Å². The lowest BCUT2D eigenvalue weighted by molar-refractivity contribution is 0.404. The first-order valence-corrected chi connectivity index (χ1v) is 7.18. The van der Waals surface area contributed by atoms with Crippen LogP contribution in [0.3, 0.4) is 0 Å². The number of hydrogen-bond acceptors (Lipinski definition) is 4. The number of aryl methyl sites for hydroxylation is 1. The summed E-state index contributed by atoms with van der Waals surface area (Å²) in [5.41, 5.74) is 1.93. The van der Waals surface area contributed by atoms with Gasteiger partial charge in [0.05, 0.1) is 19.9 Å². The fourth-order valence-electron chi connectivity index (χ4n) is 1.77. The van der Waals surface area contributed by atoms with Crippen molar-refractivity contribution in [1.29, 1.82) is 0 Å². The van der Waals surface area contributed by atoms with Gasteiger partial charge >= 0.3 is 0 Å². The minimum absolute atomic E-state index is 0.803. The molecule has 0 spiro atoms. The summed E-state index contributed by atoms with van der Waals surface area (Å²) < 4.78 is 11.6. The molecule has 0 fully saturated rings. The summed E-state index contributed by atoms with van der Waals surface area (Å²) in [6, 6.07) is 5.75. The van der Waals surface area contributed by atoms with Gasteiger partial charge in [-0.2, -0.15) is 0 Å². The third-order valence-electron chi connectivity index (χ3n) is 2.65. The number of benzene rings is 1. The highest BCUT2D eigenvalue weighted by atomic mass is 79.9. The van der Waals surface area contributed by atoms with Crippen LogP contribution in [0.5, 0.6) is 11.5 Å². The van der Waals surface area contributed by atoms with Gasteiger partial charge in [-0.15, -0.1) is 11.3 Å². The van der Waals surface area contributed by atoms with E-state index in [1.54, 1.807) is 25.6 Å². The van der Waals surface area contributed by atoms with E-state index in [-0.39, 0.29) is 0 Å². The van der Waals surface area contributed by atoms with Crippen LogP contribution in [0.2, 0.25) is 0 Å². The Labute approximate surface area is 119 Å². The molecule has 1 heterocycles. The number of methoxy groups -OCH3 is 2. The van der Waals surface area contributed by atoms with E-state index in [0.717, 1.165) is 33.1 Å². The van der Waals surface area contributed by atoms with E-state index in [1.165, 1.54) is 4.88 Å². The molecule has 2 rings (SSSR count). The predicted molar refractivity (Wildman–Crippen MR) is 77.7 cm³/mol. The zero-order chi connectivity index (χ0) is 13.1. The zero-order valence-electron chi connectivity index (χ0n) is 10.5. The molecule has 0 radical (unpaired) electrons. The quantitative estimate of drug-likeness (QED) is 0.845. The standard InChI is InChI=1S/C13H14BrNO2S/c1-4-11-12(15-13(14)18-11)9-7-8(16-2)5-6-10(9)17-3/h5-7H,4H2,1-3H3. The van der Waals surface area contributed by atoms with Crippen LogP contribution in [0.25, 0.3) is 11.3 Å². The van der Waals surface area contributed by atoms with Crippen LogP contribution in [0.1, 0.15) is 11.8 Å². The molecule has 0 aliphatic heterocycles. The summed E-state index contributed by atoms with van der Waals surface area (Å²) in [7, 11) is 3.32. The van der Waals surface area contributed by atoms with E-state index in [4.69, 9.17) is 9.47 Å². The molecule has 0 aliphatic carbocycles. The van der Waals surface area contributed by atoms with E-state index in [1.807, 2.05) is 18.2 Å². The molecule has 18 heavy (non-hydrogen) atoms. The number of aromatic nitrogens is 1. The number of halogens is 1. The van der Waals surface area contributed by atoms with Crippen LogP contribution in [-0.4, -0.2) is 19.2 Å². The van der Waals surface area contributed by atoms with Gasteiger partial charge in [0.2, 0.25) is 0 Å². The molecule has 1 aromatic heterocycles. The average molecular weight is 328 g/mol. The Kier molecular flexibility index (Phi) is 4.24. The maximum Gasteiger partial charge on any atom is 0.160 e. The largest absolute Gasteiger partial charge is 0.497 e. The van der Waals surface area contributed by atoms with Crippen LogP contribution in [-0.2, 0) is 6.42 Å². The van der Waals surface area contributed by atoms with Crippen molar-refractivity contribution in [3.05, 3.63) is 27.0 Å². The molecule has 0 bridgehead atoms. The maximum absolute atomic E-state index is 5.40. The molecular weight excluding hydrogens is 314 g/mol. The van der Waals surface area contributed by atoms with Gasteiger partial charge in [0.1, 0.15) is 11.5 Å². The first kappa shape index (κ1) is 13.4. The fraction of sp³-hybridized carbons (Fsp3) is 0.308. The Morgan fingerprint density at radius 2 is 2.06 bits per heavy atom. The molecule has 0 saturated heterocycles. The minimum atomic E-state index is 0.803. The van der Waals surface area contributed by atoms with Crippen molar-refractivity contribution < 1.29 is 9.47 Å². The van der Waals surface area contributed by atoms with Crippen LogP contribution < -0.4 is 9.47 Å².